The molecule has 0 amide bonds. The second-order valence-electron chi connectivity index (χ2n) is 7.72. The van der Waals surface area contributed by atoms with E-state index in [-0.39, 0.29) is 0 Å². The van der Waals surface area contributed by atoms with Crippen molar-refractivity contribution in [2.24, 2.45) is 0 Å². The Morgan fingerprint density at radius 3 is 2.33 bits per heavy atom. The lowest BCUT2D eigenvalue weighted by atomic mass is 10.0. The van der Waals surface area contributed by atoms with Crippen LogP contribution >= 0.6 is 0 Å². The second-order valence-corrected chi connectivity index (χ2v) is 7.72. The van der Waals surface area contributed by atoms with Crippen LogP contribution in [-0.2, 0) is 6.42 Å². The van der Waals surface area contributed by atoms with Gasteiger partial charge < -0.3 is 15.0 Å². The molecule has 1 fully saturated rings. The highest BCUT2D eigenvalue weighted by Crippen LogP contribution is 2.29. The minimum Gasteiger partial charge on any atom is -0.495 e. The Balaban J connectivity index is 1.73. The molecule has 2 aromatic carbocycles. The van der Waals surface area contributed by atoms with Gasteiger partial charge >= 0.3 is 0 Å². The third kappa shape index (κ3) is 5.74. The fourth-order valence-electron chi connectivity index (χ4n) is 4.14. The Morgan fingerprint density at radius 1 is 0.963 bits per heavy atom. The van der Waals surface area contributed by atoms with Gasteiger partial charge in [0.15, 0.2) is 0 Å². The van der Waals surface area contributed by atoms with Crippen LogP contribution in [-0.4, -0.2) is 32.8 Å². The maximum Gasteiger partial charge on any atom is 0.142 e. The van der Waals surface area contributed by atoms with Gasteiger partial charge in [0, 0.05) is 25.7 Å². The van der Waals surface area contributed by atoms with E-state index in [1.807, 2.05) is 12.1 Å². The third-order valence-corrected chi connectivity index (χ3v) is 5.82. The van der Waals surface area contributed by atoms with Gasteiger partial charge in [-0.1, -0.05) is 68.1 Å². The first-order chi connectivity index (χ1) is 13.3. The zero-order valence-electron chi connectivity index (χ0n) is 16.9. The summed E-state index contributed by atoms with van der Waals surface area (Å²) in [5, 5.41) is 3.89. The highest BCUT2D eigenvalue weighted by Gasteiger charge is 2.21. The van der Waals surface area contributed by atoms with Crippen molar-refractivity contribution < 1.29 is 4.74 Å². The number of para-hydroxylation sites is 2. The normalized spacial score (nSPS) is 16.5. The van der Waals surface area contributed by atoms with Gasteiger partial charge in [0.25, 0.3) is 0 Å². The number of nitrogens with one attached hydrogen (secondary N) is 1. The maximum atomic E-state index is 5.62. The van der Waals surface area contributed by atoms with E-state index in [1.165, 1.54) is 44.1 Å². The van der Waals surface area contributed by atoms with Gasteiger partial charge in [0.2, 0.25) is 0 Å². The summed E-state index contributed by atoms with van der Waals surface area (Å²) in [6.07, 6.45) is 9.17. The van der Waals surface area contributed by atoms with Crippen LogP contribution in [0.2, 0.25) is 0 Å². The van der Waals surface area contributed by atoms with Crippen molar-refractivity contribution in [1.29, 1.82) is 0 Å². The molecule has 0 aliphatic heterocycles. The first-order valence-corrected chi connectivity index (χ1v) is 10.4. The standard InChI is InChI=1S/C24H34N2O/c1-26(23-16-10-11-17-24(23)27-2)22(18-20-12-6-5-7-13-20)19-25-21-14-8-3-4-9-15-21/h5-7,10-13,16-17,21-22,25H,3-4,8-9,14-15,18-19H2,1-2H3. The Morgan fingerprint density at radius 2 is 1.63 bits per heavy atom. The van der Waals surface area contributed by atoms with Crippen LogP contribution in [0.3, 0.4) is 0 Å². The Labute approximate surface area is 164 Å². The van der Waals surface area contributed by atoms with Crippen molar-refractivity contribution in [2.45, 2.75) is 57.0 Å². The largest absolute Gasteiger partial charge is 0.495 e. The zero-order chi connectivity index (χ0) is 18.9. The van der Waals surface area contributed by atoms with E-state index in [1.54, 1.807) is 7.11 Å². The lowest BCUT2D eigenvalue weighted by Crippen LogP contribution is -2.45. The number of methoxy groups -OCH3 is 1. The minimum absolute atomic E-state index is 0.381. The molecule has 0 spiro atoms. The third-order valence-electron chi connectivity index (χ3n) is 5.82. The molecule has 0 saturated heterocycles. The number of anilines is 1. The molecule has 3 rings (SSSR count). The molecule has 1 saturated carbocycles. The van der Waals surface area contributed by atoms with E-state index in [2.05, 4.69) is 59.7 Å². The molecule has 3 nitrogen and oxygen atoms in total. The van der Waals surface area contributed by atoms with Crippen LogP contribution < -0.4 is 15.0 Å². The molecule has 27 heavy (non-hydrogen) atoms. The molecule has 1 aliphatic rings. The quantitative estimate of drug-likeness (QED) is 0.661. The van der Waals surface area contributed by atoms with Gasteiger partial charge in [0.05, 0.1) is 12.8 Å². The minimum atomic E-state index is 0.381. The van der Waals surface area contributed by atoms with Crippen LogP contribution in [0.5, 0.6) is 5.75 Å². The maximum absolute atomic E-state index is 5.62. The second kappa shape index (κ2) is 10.4. The molecule has 1 N–H and O–H groups in total. The van der Waals surface area contributed by atoms with Crippen molar-refractivity contribution in [3.63, 3.8) is 0 Å². The van der Waals surface area contributed by atoms with Crippen LogP contribution in [0.4, 0.5) is 5.69 Å². The van der Waals surface area contributed by atoms with Crippen LogP contribution in [0.15, 0.2) is 54.6 Å². The molecule has 2 aromatic rings. The molecule has 0 bridgehead atoms. The van der Waals surface area contributed by atoms with Gasteiger partial charge in [-0.05, 0) is 37.0 Å². The Hall–Kier alpha value is -2.00. The van der Waals surface area contributed by atoms with Crippen molar-refractivity contribution in [3.8, 4) is 5.75 Å². The number of rotatable bonds is 8. The van der Waals surface area contributed by atoms with Crippen molar-refractivity contribution in [2.75, 3.05) is 25.6 Å². The van der Waals surface area contributed by atoms with E-state index >= 15 is 0 Å². The van der Waals surface area contributed by atoms with Gasteiger partial charge in [-0.2, -0.15) is 0 Å². The van der Waals surface area contributed by atoms with E-state index in [0.717, 1.165) is 24.4 Å². The molecule has 3 heteroatoms. The van der Waals surface area contributed by atoms with E-state index < -0.39 is 0 Å². The number of likely N-dealkylation sites (N-methyl/N-ethyl adjacent to an activating group) is 1. The number of nitrogens with zero attached hydrogens (tertiary/aromatic N) is 1. The van der Waals surface area contributed by atoms with Crippen molar-refractivity contribution in [3.05, 3.63) is 60.2 Å². The number of benzene rings is 2. The van der Waals surface area contributed by atoms with Gasteiger partial charge in [-0.3, -0.25) is 0 Å². The number of hydrogen-bond donors (Lipinski definition) is 1. The van der Waals surface area contributed by atoms with Crippen molar-refractivity contribution >= 4 is 5.69 Å². The SMILES string of the molecule is COc1ccccc1N(C)C(CNC1CCCCCC1)Cc1ccccc1. The Bertz CT molecular complexity index is 665. The average molecular weight is 367 g/mol. The summed E-state index contributed by atoms with van der Waals surface area (Å²) in [5.41, 5.74) is 2.54. The lowest BCUT2D eigenvalue weighted by Gasteiger charge is -2.33. The van der Waals surface area contributed by atoms with Gasteiger partial charge in [-0.25, -0.2) is 0 Å². The predicted molar refractivity (Wildman–Crippen MR) is 115 cm³/mol. The topological polar surface area (TPSA) is 24.5 Å². The monoisotopic (exact) mass is 366 g/mol. The summed E-state index contributed by atoms with van der Waals surface area (Å²) in [4.78, 5) is 2.38. The molecule has 146 valence electrons. The molecule has 1 aliphatic carbocycles. The summed E-state index contributed by atoms with van der Waals surface area (Å²) in [5.74, 6) is 0.938. The lowest BCUT2D eigenvalue weighted by molar-refractivity contribution is 0.408. The zero-order valence-corrected chi connectivity index (χ0v) is 16.9. The van der Waals surface area contributed by atoms with E-state index in [4.69, 9.17) is 4.74 Å². The highest BCUT2D eigenvalue weighted by molar-refractivity contribution is 5.58. The highest BCUT2D eigenvalue weighted by atomic mass is 16.5. The Kier molecular flexibility index (Phi) is 7.58. The smallest absolute Gasteiger partial charge is 0.142 e. The molecule has 1 unspecified atom stereocenters. The number of ether oxygens (including phenoxy) is 1. The predicted octanol–water partition coefficient (Wildman–Crippen LogP) is 5.06. The van der Waals surface area contributed by atoms with Gasteiger partial charge in [-0.15, -0.1) is 0 Å². The fourth-order valence-corrected chi connectivity index (χ4v) is 4.14. The fraction of sp³-hybridized carbons (Fsp3) is 0.500. The molecular formula is C24H34N2O. The van der Waals surface area contributed by atoms with E-state index in [9.17, 15) is 0 Å². The summed E-state index contributed by atoms with van der Waals surface area (Å²) >= 11 is 0. The van der Waals surface area contributed by atoms with Gasteiger partial charge in [0.1, 0.15) is 5.75 Å². The van der Waals surface area contributed by atoms with Crippen LogP contribution in [0, 0.1) is 0 Å². The molecule has 0 radical (unpaired) electrons. The summed E-state index contributed by atoms with van der Waals surface area (Å²) in [6.45, 7) is 0.994. The average Bonchev–Trinajstić information content (AvgIpc) is 3.00. The first kappa shape index (κ1) is 19.8. The number of hydrogen-bond acceptors (Lipinski definition) is 3. The van der Waals surface area contributed by atoms with E-state index in [0.29, 0.717) is 12.1 Å². The van der Waals surface area contributed by atoms with Crippen LogP contribution in [0.1, 0.15) is 44.1 Å². The van der Waals surface area contributed by atoms with Crippen molar-refractivity contribution in [1.82, 2.24) is 5.32 Å². The molecular weight excluding hydrogens is 332 g/mol. The molecule has 0 aromatic heterocycles. The summed E-state index contributed by atoms with van der Waals surface area (Å²) < 4.78 is 5.62. The van der Waals surface area contributed by atoms with Crippen LogP contribution in [0.25, 0.3) is 0 Å². The first-order valence-electron chi connectivity index (χ1n) is 10.4. The molecule has 1 atom stereocenters. The molecule has 0 heterocycles. The summed E-state index contributed by atoms with van der Waals surface area (Å²) in [6, 6.07) is 20.2. The summed E-state index contributed by atoms with van der Waals surface area (Å²) in [7, 11) is 3.95.